The summed E-state index contributed by atoms with van der Waals surface area (Å²) in [5.74, 6) is 3.60. The number of ether oxygens (including phenoxy) is 1. The van der Waals surface area contributed by atoms with Crippen molar-refractivity contribution in [2.75, 3.05) is 6.26 Å². The number of aromatic nitrogens is 2. The molecule has 1 atom stereocenters. The van der Waals surface area contributed by atoms with Crippen LogP contribution in [-0.4, -0.2) is 27.7 Å². The van der Waals surface area contributed by atoms with Crippen molar-refractivity contribution in [2.45, 2.75) is 38.7 Å². The van der Waals surface area contributed by atoms with E-state index in [9.17, 15) is 4.79 Å². The van der Waals surface area contributed by atoms with Crippen LogP contribution in [0.3, 0.4) is 0 Å². The second-order valence-corrected chi connectivity index (χ2v) is 8.20. The van der Waals surface area contributed by atoms with Crippen LogP contribution in [0, 0.1) is 26.2 Å². The summed E-state index contributed by atoms with van der Waals surface area (Å²) in [4.78, 5) is 17.3. The highest BCUT2D eigenvalue weighted by atomic mass is 32.2. The molecule has 0 saturated carbocycles. The molecule has 1 unspecified atom stereocenters. The van der Waals surface area contributed by atoms with Crippen LogP contribution in [0.5, 0.6) is 5.75 Å². The maximum atomic E-state index is 12.9. The highest BCUT2D eigenvalue weighted by Crippen LogP contribution is 2.27. The molecule has 150 valence electrons. The third-order valence-electron chi connectivity index (χ3n) is 4.49. The first kappa shape index (κ1) is 20.7. The van der Waals surface area contributed by atoms with Crippen LogP contribution in [0.25, 0.3) is 10.9 Å². The molecule has 7 heteroatoms. The van der Waals surface area contributed by atoms with Crippen LogP contribution < -0.4 is 10.1 Å². The number of amides is 1. The van der Waals surface area contributed by atoms with Crippen LogP contribution >= 0.6 is 11.8 Å². The van der Waals surface area contributed by atoms with Crippen molar-refractivity contribution >= 4 is 28.6 Å². The molecule has 0 bridgehead atoms. The number of carbonyl (C=O) groups is 1. The lowest BCUT2D eigenvalue weighted by atomic mass is 10.0. The van der Waals surface area contributed by atoms with Gasteiger partial charge in [0.2, 0.25) is 5.44 Å². The summed E-state index contributed by atoms with van der Waals surface area (Å²) in [6, 6.07) is 7.40. The van der Waals surface area contributed by atoms with Gasteiger partial charge in [-0.1, -0.05) is 11.1 Å². The zero-order valence-electron chi connectivity index (χ0n) is 17.1. The zero-order chi connectivity index (χ0) is 21.2. The summed E-state index contributed by atoms with van der Waals surface area (Å²) in [5, 5.41) is 7.86. The van der Waals surface area contributed by atoms with E-state index in [1.165, 1.54) is 11.8 Å². The van der Waals surface area contributed by atoms with Gasteiger partial charge in [0.15, 0.2) is 0 Å². The van der Waals surface area contributed by atoms with E-state index in [1.54, 1.807) is 12.3 Å². The lowest BCUT2D eigenvalue weighted by Gasteiger charge is -2.26. The molecule has 0 aliphatic carbocycles. The van der Waals surface area contributed by atoms with Gasteiger partial charge in [0.1, 0.15) is 17.2 Å². The first-order valence-corrected chi connectivity index (χ1v) is 10.3. The van der Waals surface area contributed by atoms with Crippen molar-refractivity contribution in [1.82, 2.24) is 15.5 Å². The molecule has 0 radical (unpaired) electrons. The van der Waals surface area contributed by atoms with E-state index in [-0.39, 0.29) is 5.91 Å². The predicted molar refractivity (Wildman–Crippen MR) is 115 cm³/mol. The van der Waals surface area contributed by atoms with Gasteiger partial charge in [-0.3, -0.25) is 9.78 Å². The maximum absolute atomic E-state index is 12.9. The highest BCUT2D eigenvalue weighted by Gasteiger charge is 2.30. The van der Waals surface area contributed by atoms with Crippen molar-refractivity contribution in [3.63, 3.8) is 0 Å². The Labute approximate surface area is 174 Å². The molecule has 0 fully saturated rings. The largest absolute Gasteiger partial charge is 0.470 e. The number of nitrogens with one attached hydrogen (secondary N) is 1. The van der Waals surface area contributed by atoms with Gasteiger partial charge in [-0.15, -0.1) is 18.2 Å². The minimum atomic E-state index is -0.733. The summed E-state index contributed by atoms with van der Waals surface area (Å²) >= 11 is 1.31. The fourth-order valence-corrected chi connectivity index (χ4v) is 3.45. The first-order valence-electron chi connectivity index (χ1n) is 9.06. The first-order chi connectivity index (χ1) is 13.7. The number of fused-ring (bicyclic) bond motifs is 1. The fourth-order valence-electron chi connectivity index (χ4n) is 2.97. The molecule has 0 saturated heterocycles. The van der Waals surface area contributed by atoms with Crippen molar-refractivity contribution in [3.05, 3.63) is 53.0 Å². The van der Waals surface area contributed by atoms with Crippen molar-refractivity contribution in [2.24, 2.45) is 0 Å². The Morgan fingerprint density at radius 3 is 2.69 bits per heavy atom. The molecule has 3 rings (SSSR count). The Hall–Kier alpha value is -2.98. The topological polar surface area (TPSA) is 77.2 Å². The Balaban J connectivity index is 1.82. The third-order valence-corrected chi connectivity index (χ3v) is 5.23. The normalized spacial score (nSPS) is 12.4. The number of aryl methyl sites for hydroxylation is 2. The Morgan fingerprint density at radius 1 is 1.31 bits per heavy atom. The minimum Gasteiger partial charge on any atom is -0.470 e. The van der Waals surface area contributed by atoms with Gasteiger partial charge >= 0.3 is 0 Å². The van der Waals surface area contributed by atoms with Gasteiger partial charge in [-0.25, -0.2) is 0 Å². The molecule has 0 spiro atoms. The number of rotatable bonds is 6. The molecule has 0 aliphatic heterocycles. The van der Waals surface area contributed by atoms with Gasteiger partial charge in [0.25, 0.3) is 5.91 Å². The van der Waals surface area contributed by atoms with Gasteiger partial charge in [-0.2, -0.15) is 0 Å². The number of carbonyl (C=O) groups excluding carboxylic acids is 1. The van der Waals surface area contributed by atoms with E-state index in [0.717, 1.165) is 16.5 Å². The number of terminal acetylenes is 1. The van der Waals surface area contributed by atoms with Crippen molar-refractivity contribution in [3.8, 4) is 18.1 Å². The predicted octanol–water partition coefficient (Wildman–Crippen LogP) is 3.94. The standard InChI is InChI=1S/C22H23N3O3S/c1-7-15-10-16-11-17(8-13(2)19(16)23-12-15)27-21(29-6)20(26)24-22(4,5)18-9-14(3)28-25-18/h1,8-12,21H,2-6H3,(H,24,26). The molecule has 2 aromatic heterocycles. The molecule has 3 aromatic rings. The van der Waals surface area contributed by atoms with E-state index in [0.29, 0.717) is 22.8 Å². The number of hydrogen-bond donors (Lipinski definition) is 1. The molecule has 1 N–H and O–H groups in total. The second kappa shape index (κ2) is 8.18. The quantitative estimate of drug-likeness (QED) is 0.491. The zero-order valence-corrected chi connectivity index (χ0v) is 17.9. The van der Waals surface area contributed by atoms with Gasteiger partial charge < -0.3 is 14.6 Å². The molecule has 0 aliphatic rings. The van der Waals surface area contributed by atoms with Crippen LogP contribution in [0.1, 0.15) is 36.4 Å². The lowest BCUT2D eigenvalue weighted by molar-refractivity contribution is -0.126. The van der Waals surface area contributed by atoms with Gasteiger partial charge in [-0.05, 0) is 57.7 Å². The molecular formula is C22H23N3O3S. The summed E-state index contributed by atoms with van der Waals surface area (Å²) in [5.41, 5.74) is 1.71. The van der Waals surface area contributed by atoms with E-state index >= 15 is 0 Å². The molecular weight excluding hydrogens is 386 g/mol. The maximum Gasteiger partial charge on any atom is 0.272 e. The third kappa shape index (κ3) is 4.54. The Bertz CT molecular complexity index is 1100. The summed E-state index contributed by atoms with van der Waals surface area (Å²) in [6.45, 7) is 7.49. The number of pyridine rings is 1. The minimum absolute atomic E-state index is 0.253. The summed E-state index contributed by atoms with van der Waals surface area (Å²) in [7, 11) is 0. The summed E-state index contributed by atoms with van der Waals surface area (Å²) in [6.07, 6.45) is 8.97. The monoisotopic (exact) mass is 409 g/mol. The van der Waals surface area contributed by atoms with Crippen LogP contribution in [0.15, 0.2) is 35.0 Å². The van der Waals surface area contributed by atoms with Gasteiger partial charge in [0.05, 0.1) is 11.1 Å². The summed E-state index contributed by atoms with van der Waals surface area (Å²) < 4.78 is 11.1. The second-order valence-electron chi connectivity index (χ2n) is 7.30. The van der Waals surface area contributed by atoms with Crippen LogP contribution in [0.4, 0.5) is 0 Å². The number of nitrogens with zero attached hydrogens (tertiary/aromatic N) is 2. The number of thioether (sulfide) groups is 1. The molecule has 1 amide bonds. The lowest BCUT2D eigenvalue weighted by Crippen LogP contribution is -2.46. The van der Waals surface area contributed by atoms with Gasteiger partial charge in [0, 0.05) is 23.2 Å². The molecule has 2 heterocycles. The SMILES string of the molecule is C#Cc1cnc2c(C)cc(OC(SC)C(=O)NC(C)(C)c3cc(C)on3)cc2c1. The van der Waals surface area contributed by atoms with E-state index in [4.69, 9.17) is 15.7 Å². The highest BCUT2D eigenvalue weighted by molar-refractivity contribution is 7.99. The number of hydrogen-bond acceptors (Lipinski definition) is 6. The molecule has 1 aromatic carbocycles. The molecule has 29 heavy (non-hydrogen) atoms. The van der Waals surface area contributed by atoms with Crippen LogP contribution in [-0.2, 0) is 10.3 Å². The van der Waals surface area contributed by atoms with Crippen molar-refractivity contribution < 1.29 is 14.1 Å². The van der Waals surface area contributed by atoms with Crippen LogP contribution in [0.2, 0.25) is 0 Å². The van der Waals surface area contributed by atoms with E-state index in [1.807, 2.05) is 52.1 Å². The smallest absolute Gasteiger partial charge is 0.272 e. The average Bonchev–Trinajstić information content (AvgIpc) is 3.12. The van der Waals surface area contributed by atoms with E-state index < -0.39 is 11.0 Å². The number of benzene rings is 1. The van der Waals surface area contributed by atoms with Crippen molar-refractivity contribution in [1.29, 1.82) is 0 Å². The molecule has 6 nitrogen and oxygen atoms in total. The Kier molecular flexibility index (Phi) is 5.85. The fraction of sp³-hybridized carbons (Fsp3) is 0.318. The Morgan fingerprint density at radius 2 is 2.07 bits per heavy atom. The average molecular weight is 410 g/mol. The van der Waals surface area contributed by atoms with E-state index in [2.05, 4.69) is 21.4 Å².